The zero-order valence-electron chi connectivity index (χ0n) is 19.3. The number of hydrogen-bond donors (Lipinski definition) is 1. The van der Waals surface area contributed by atoms with Crippen LogP contribution in [0.5, 0.6) is 0 Å². The Balaban J connectivity index is 1.80. The van der Waals surface area contributed by atoms with Crippen LogP contribution in [0.4, 0.5) is 5.82 Å². The van der Waals surface area contributed by atoms with Crippen LogP contribution < -0.4 is 11.4 Å². The third kappa shape index (κ3) is 4.17. The number of nitrogen functional groups attached to an aromatic ring is 1. The predicted octanol–water partition coefficient (Wildman–Crippen LogP) is 5.11. The van der Waals surface area contributed by atoms with Crippen molar-refractivity contribution in [2.75, 3.05) is 19.8 Å². The summed E-state index contributed by atoms with van der Waals surface area (Å²) in [5.74, 6) is 0.828. The Hall–Kier alpha value is -3.02. The number of fused-ring (bicyclic) bond motifs is 2. The number of benzene rings is 2. The Morgan fingerprint density at radius 1 is 1.17 bits per heavy atom. The van der Waals surface area contributed by atoms with E-state index >= 15 is 0 Å². The third-order valence-corrected chi connectivity index (χ3v) is 7.03. The minimum absolute atomic E-state index is 0.351. The van der Waals surface area contributed by atoms with Gasteiger partial charge in [-0.15, -0.1) is 0 Å². The molecule has 3 aromatic heterocycles. The summed E-state index contributed by atoms with van der Waals surface area (Å²) in [6.07, 6.45) is 1.41. The van der Waals surface area contributed by atoms with E-state index in [0.717, 1.165) is 22.1 Å². The fraction of sp³-hybridized carbons (Fsp3) is 0.200. The van der Waals surface area contributed by atoms with Crippen molar-refractivity contribution in [2.45, 2.75) is 19.5 Å². The van der Waals surface area contributed by atoms with Gasteiger partial charge in [0.1, 0.15) is 27.6 Å². The minimum atomic E-state index is -0.462. The lowest BCUT2D eigenvalue weighted by Gasteiger charge is -2.19. The van der Waals surface area contributed by atoms with Crippen molar-refractivity contribution < 1.29 is 4.42 Å². The maximum Gasteiger partial charge on any atom is 0.343 e. The molecule has 8 nitrogen and oxygen atoms in total. The molecule has 0 saturated carbocycles. The molecule has 0 aliphatic carbocycles. The van der Waals surface area contributed by atoms with Crippen LogP contribution in [0.2, 0.25) is 5.02 Å². The van der Waals surface area contributed by atoms with Crippen LogP contribution in [0.1, 0.15) is 24.3 Å². The molecular formula is C25H22ClIN6O2. The zero-order valence-corrected chi connectivity index (χ0v) is 22.2. The van der Waals surface area contributed by atoms with Gasteiger partial charge in [-0.3, -0.25) is 0 Å². The highest BCUT2D eigenvalue weighted by Gasteiger charge is 2.26. The summed E-state index contributed by atoms with van der Waals surface area (Å²) in [6, 6.07) is 12.9. The SMILES string of the molecule is CC(c1oc(=O)c2ccccc2c1-c1ccc(Cl)c(CN(C)C)c1)n1nc(I)c2c(N)ncnc21. The van der Waals surface area contributed by atoms with Gasteiger partial charge in [0.25, 0.3) is 0 Å². The number of aromatic nitrogens is 4. The Bertz CT molecular complexity index is 1650. The summed E-state index contributed by atoms with van der Waals surface area (Å²) in [6.45, 7) is 2.60. The molecule has 178 valence electrons. The molecule has 10 heteroatoms. The first-order chi connectivity index (χ1) is 16.8. The molecule has 5 rings (SSSR count). The summed E-state index contributed by atoms with van der Waals surface area (Å²) in [5, 5.41) is 7.33. The molecule has 0 aliphatic heterocycles. The van der Waals surface area contributed by atoms with Gasteiger partial charge in [-0.25, -0.2) is 19.4 Å². The normalized spacial score (nSPS) is 12.6. The first-order valence-corrected chi connectivity index (χ1v) is 12.4. The second kappa shape index (κ2) is 9.21. The summed E-state index contributed by atoms with van der Waals surface area (Å²) >= 11 is 8.63. The molecule has 3 heterocycles. The molecule has 0 fully saturated rings. The minimum Gasteiger partial charge on any atom is -0.424 e. The largest absolute Gasteiger partial charge is 0.424 e. The van der Waals surface area contributed by atoms with Crippen molar-refractivity contribution in [2.24, 2.45) is 0 Å². The van der Waals surface area contributed by atoms with Crippen molar-refractivity contribution in [1.29, 1.82) is 0 Å². The van der Waals surface area contributed by atoms with Crippen molar-refractivity contribution >= 4 is 61.8 Å². The van der Waals surface area contributed by atoms with Crippen LogP contribution >= 0.6 is 34.2 Å². The van der Waals surface area contributed by atoms with Gasteiger partial charge in [0.05, 0.1) is 10.8 Å². The van der Waals surface area contributed by atoms with Gasteiger partial charge in [-0.1, -0.05) is 35.9 Å². The summed E-state index contributed by atoms with van der Waals surface area (Å²) < 4.78 is 8.39. The lowest BCUT2D eigenvalue weighted by Crippen LogP contribution is -2.15. The van der Waals surface area contributed by atoms with Gasteiger partial charge in [-0.05, 0) is 72.9 Å². The number of hydrogen-bond acceptors (Lipinski definition) is 7. The maximum atomic E-state index is 13.0. The van der Waals surface area contributed by atoms with Gasteiger partial charge in [-0.2, -0.15) is 5.10 Å². The van der Waals surface area contributed by atoms with Crippen LogP contribution in [0.15, 0.2) is 58.0 Å². The van der Waals surface area contributed by atoms with Crippen LogP contribution in [-0.2, 0) is 6.54 Å². The molecule has 2 aromatic carbocycles. The zero-order chi connectivity index (χ0) is 24.9. The molecule has 0 spiro atoms. The van der Waals surface area contributed by atoms with Crippen LogP contribution in [0, 0.1) is 3.70 Å². The first-order valence-electron chi connectivity index (χ1n) is 10.9. The number of anilines is 1. The van der Waals surface area contributed by atoms with Crippen molar-refractivity contribution in [3.8, 4) is 11.1 Å². The average molecular weight is 601 g/mol. The van der Waals surface area contributed by atoms with E-state index in [0.29, 0.717) is 43.3 Å². The molecule has 0 saturated heterocycles. The Morgan fingerprint density at radius 2 is 1.91 bits per heavy atom. The predicted molar refractivity (Wildman–Crippen MR) is 147 cm³/mol. The van der Waals surface area contributed by atoms with E-state index < -0.39 is 11.7 Å². The molecule has 2 N–H and O–H groups in total. The maximum absolute atomic E-state index is 13.0. The van der Waals surface area contributed by atoms with Crippen LogP contribution in [-0.4, -0.2) is 38.7 Å². The monoisotopic (exact) mass is 600 g/mol. The highest BCUT2D eigenvalue weighted by atomic mass is 127. The van der Waals surface area contributed by atoms with Crippen LogP contribution in [0.3, 0.4) is 0 Å². The van der Waals surface area contributed by atoms with Crippen molar-refractivity contribution in [3.05, 3.63) is 79.3 Å². The Morgan fingerprint density at radius 3 is 2.66 bits per heavy atom. The molecule has 1 atom stereocenters. The highest BCUT2D eigenvalue weighted by Crippen LogP contribution is 2.38. The lowest BCUT2D eigenvalue weighted by molar-refractivity contribution is 0.402. The average Bonchev–Trinajstić information content (AvgIpc) is 3.17. The second-order valence-corrected chi connectivity index (χ2v) is 10.0. The number of rotatable bonds is 5. The molecule has 0 radical (unpaired) electrons. The number of nitrogens with zero attached hydrogens (tertiary/aromatic N) is 5. The fourth-order valence-corrected chi connectivity index (χ4v) is 5.26. The van der Waals surface area contributed by atoms with Gasteiger partial charge >= 0.3 is 5.63 Å². The Kier molecular flexibility index (Phi) is 6.24. The smallest absolute Gasteiger partial charge is 0.343 e. The molecule has 1 unspecified atom stereocenters. The molecular weight excluding hydrogens is 579 g/mol. The topological polar surface area (TPSA) is 103 Å². The van der Waals surface area contributed by atoms with Crippen molar-refractivity contribution in [3.63, 3.8) is 0 Å². The summed E-state index contributed by atoms with van der Waals surface area (Å²) in [4.78, 5) is 23.6. The molecule has 35 heavy (non-hydrogen) atoms. The van der Waals surface area contributed by atoms with Crippen LogP contribution in [0.25, 0.3) is 32.9 Å². The van der Waals surface area contributed by atoms with Gasteiger partial charge in [0.2, 0.25) is 0 Å². The van der Waals surface area contributed by atoms with E-state index in [1.54, 1.807) is 10.7 Å². The molecule has 0 amide bonds. The lowest BCUT2D eigenvalue weighted by atomic mass is 9.94. The van der Waals surface area contributed by atoms with Gasteiger partial charge < -0.3 is 15.1 Å². The second-order valence-electron chi connectivity index (χ2n) is 8.59. The van der Waals surface area contributed by atoms with E-state index in [2.05, 4.69) is 42.6 Å². The Labute approximate surface area is 219 Å². The summed E-state index contributed by atoms with van der Waals surface area (Å²) in [7, 11) is 3.98. The fourth-order valence-electron chi connectivity index (χ4n) is 4.34. The van der Waals surface area contributed by atoms with E-state index in [4.69, 9.17) is 21.8 Å². The van der Waals surface area contributed by atoms with Gasteiger partial charge in [0.15, 0.2) is 5.65 Å². The van der Waals surface area contributed by atoms with Crippen molar-refractivity contribution in [1.82, 2.24) is 24.6 Å². The standard InChI is InChI=1S/C25H22ClIN6O2/c1-13(33-24-20(22(27)31-33)23(28)29-12-30-24)21-19(16-6-4-5-7-17(16)25(34)35-21)14-8-9-18(26)15(10-14)11-32(2)3/h4-10,12-13H,11H2,1-3H3,(H2,28,29,30). The number of halogens is 2. The van der Waals surface area contributed by atoms with E-state index in [9.17, 15) is 4.79 Å². The highest BCUT2D eigenvalue weighted by molar-refractivity contribution is 14.1. The van der Waals surface area contributed by atoms with Gasteiger partial charge in [0, 0.05) is 22.5 Å². The van der Waals surface area contributed by atoms with E-state index in [1.807, 2.05) is 57.4 Å². The van der Waals surface area contributed by atoms with E-state index in [1.165, 1.54) is 6.33 Å². The third-order valence-electron chi connectivity index (χ3n) is 5.91. The number of nitrogens with two attached hydrogens (primary N) is 1. The molecule has 0 aliphatic rings. The van der Waals surface area contributed by atoms with E-state index in [-0.39, 0.29) is 0 Å². The molecule has 5 aromatic rings. The molecule has 0 bridgehead atoms. The summed E-state index contributed by atoms with van der Waals surface area (Å²) in [5.41, 5.74) is 8.94. The quantitative estimate of drug-likeness (QED) is 0.280. The first kappa shape index (κ1) is 23.7.